The van der Waals surface area contributed by atoms with Crippen LogP contribution in [0.25, 0.3) is 0 Å². The highest BCUT2D eigenvalue weighted by atomic mass is 16.6. The van der Waals surface area contributed by atoms with Gasteiger partial charge in [-0.1, -0.05) is 193 Å². The molecule has 0 fully saturated rings. The SMILES string of the molecule is CC/C=C/C/C=C/C/C=C/C/C=C/C/C=C/C/C=C/CCCCCC(=O)OCC(COCCC(C(=O)[O-])[N+](C)(C)C)OC(=O)CCCCCCCCCCCC/C=C/C/C=C/C/C=C/C/C=C/CC. The van der Waals surface area contributed by atoms with E-state index in [4.69, 9.17) is 14.2 Å². The van der Waals surface area contributed by atoms with Gasteiger partial charge in [-0.05, 0) is 103 Å². The molecule has 0 amide bonds. The van der Waals surface area contributed by atoms with E-state index >= 15 is 0 Å². The molecule has 2 unspecified atom stereocenters. The lowest BCUT2D eigenvalue weighted by atomic mass is 10.0. The first-order valence-corrected chi connectivity index (χ1v) is 27.1. The molecule has 2 atom stereocenters. The van der Waals surface area contributed by atoms with Gasteiger partial charge in [0.15, 0.2) is 6.10 Å². The Hall–Kier alpha value is -4.27. The van der Waals surface area contributed by atoms with Crippen LogP contribution >= 0.6 is 0 Å². The van der Waals surface area contributed by atoms with Crippen LogP contribution in [0.5, 0.6) is 0 Å². The van der Waals surface area contributed by atoms with Gasteiger partial charge in [0.1, 0.15) is 12.6 Å². The fourth-order valence-electron chi connectivity index (χ4n) is 7.24. The van der Waals surface area contributed by atoms with Gasteiger partial charge in [-0.25, -0.2) is 0 Å². The average Bonchev–Trinajstić information content (AvgIpc) is 3.31. The lowest BCUT2D eigenvalue weighted by Crippen LogP contribution is -2.55. The summed E-state index contributed by atoms with van der Waals surface area (Å²) in [5, 5.41) is 11.7. The number of ether oxygens (including phenoxy) is 3. The van der Waals surface area contributed by atoms with Crippen LogP contribution in [0.1, 0.15) is 194 Å². The minimum atomic E-state index is -1.13. The molecule has 0 bridgehead atoms. The van der Waals surface area contributed by atoms with Gasteiger partial charge in [0.25, 0.3) is 0 Å². The highest BCUT2D eigenvalue weighted by Crippen LogP contribution is 2.14. The fourth-order valence-corrected chi connectivity index (χ4v) is 7.24. The third-order valence-electron chi connectivity index (χ3n) is 11.3. The van der Waals surface area contributed by atoms with E-state index in [-0.39, 0.29) is 42.7 Å². The van der Waals surface area contributed by atoms with Gasteiger partial charge in [0.2, 0.25) is 0 Å². The van der Waals surface area contributed by atoms with Crippen LogP contribution in [0.15, 0.2) is 122 Å². The number of likely N-dealkylation sites (N-methyl/N-ethyl adjacent to an activating group) is 1. The van der Waals surface area contributed by atoms with Crippen LogP contribution in [-0.4, -0.2) is 75.5 Å². The Labute approximate surface area is 422 Å². The summed E-state index contributed by atoms with van der Waals surface area (Å²) >= 11 is 0. The van der Waals surface area contributed by atoms with Crippen LogP contribution in [0.4, 0.5) is 0 Å². The highest BCUT2D eigenvalue weighted by molar-refractivity contribution is 5.70. The Bertz CT molecular complexity index is 1540. The normalized spacial score (nSPS) is 13.8. The average molecular weight is 958 g/mol. The second-order valence-corrected chi connectivity index (χ2v) is 18.7. The van der Waals surface area contributed by atoms with Crippen molar-refractivity contribution in [1.29, 1.82) is 0 Å². The van der Waals surface area contributed by atoms with Gasteiger partial charge in [-0.2, -0.15) is 0 Å². The zero-order valence-corrected chi connectivity index (χ0v) is 44.4. The van der Waals surface area contributed by atoms with Gasteiger partial charge in [-0.15, -0.1) is 0 Å². The van der Waals surface area contributed by atoms with Gasteiger partial charge >= 0.3 is 11.9 Å². The van der Waals surface area contributed by atoms with E-state index in [1.807, 2.05) is 0 Å². The molecule has 0 heterocycles. The Kier molecular flexibility index (Phi) is 47.0. The molecule has 0 rings (SSSR count). The molecule has 69 heavy (non-hydrogen) atoms. The van der Waals surface area contributed by atoms with Gasteiger partial charge in [-0.3, -0.25) is 9.59 Å². The maximum atomic E-state index is 12.8. The molecular weight excluding hydrogens is 859 g/mol. The fraction of sp³-hybridized carbons (Fsp3) is 0.623. The predicted octanol–water partition coefficient (Wildman–Crippen LogP) is 14.8. The maximum Gasteiger partial charge on any atom is 0.306 e. The quantitative estimate of drug-likeness (QED) is 0.0259. The minimum Gasteiger partial charge on any atom is -0.544 e. The lowest BCUT2D eigenvalue weighted by Gasteiger charge is -2.34. The number of hydrogen-bond donors (Lipinski definition) is 0. The van der Waals surface area contributed by atoms with E-state index in [9.17, 15) is 19.5 Å². The number of unbranched alkanes of at least 4 members (excludes halogenated alkanes) is 13. The number of carboxylic acid groups (broad SMARTS) is 1. The summed E-state index contributed by atoms with van der Waals surface area (Å²) in [5.41, 5.74) is 0. The lowest BCUT2D eigenvalue weighted by molar-refractivity contribution is -0.889. The van der Waals surface area contributed by atoms with E-state index in [0.717, 1.165) is 116 Å². The molecule has 0 aromatic heterocycles. The molecule has 0 radical (unpaired) electrons. The minimum absolute atomic E-state index is 0.0202. The second kappa shape index (κ2) is 50.1. The number of carboxylic acids is 1. The number of hydrogen-bond acceptors (Lipinski definition) is 7. The van der Waals surface area contributed by atoms with Crippen LogP contribution in [0.3, 0.4) is 0 Å². The largest absolute Gasteiger partial charge is 0.544 e. The van der Waals surface area contributed by atoms with Crippen molar-refractivity contribution in [2.45, 2.75) is 206 Å². The molecule has 390 valence electrons. The number of carbonyl (C=O) groups is 3. The molecule has 0 saturated carbocycles. The van der Waals surface area contributed by atoms with E-state index in [2.05, 4.69) is 135 Å². The summed E-state index contributed by atoms with van der Waals surface area (Å²) < 4.78 is 17.2. The van der Waals surface area contributed by atoms with Crippen molar-refractivity contribution < 1.29 is 38.2 Å². The van der Waals surface area contributed by atoms with Crippen molar-refractivity contribution in [3.63, 3.8) is 0 Å². The molecule has 8 nitrogen and oxygen atoms in total. The zero-order valence-electron chi connectivity index (χ0n) is 44.4. The predicted molar refractivity (Wildman–Crippen MR) is 291 cm³/mol. The van der Waals surface area contributed by atoms with Crippen molar-refractivity contribution in [1.82, 2.24) is 0 Å². The molecule has 8 heteroatoms. The van der Waals surface area contributed by atoms with Crippen molar-refractivity contribution in [2.24, 2.45) is 0 Å². The maximum absolute atomic E-state index is 12.8. The third-order valence-corrected chi connectivity index (χ3v) is 11.3. The van der Waals surface area contributed by atoms with Gasteiger partial charge < -0.3 is 28.6 Å². The van der Waals surface area contributed by atoms with Crippen LogP contribution in [0.2, 0.25) is 0 Å². The van der Waals surface area contributed by atoms with Gasteiger partial charge in [0, 0.05) is 19.3 Å². The summed E-state index contributed by atoms with van der Waals surface area (Å²) in [6, 6.07) is -0.740. The van der Waals surface area contributed by atoms with Crippen molar-refractivity contribution in [3.05, 3.63) is 122 Å². The molecule has 0 aliphatic heterocycles. The molecule has 0 aliphatic carbocycles. The Morgan fingerprint density at radius 3 is 1.14 bits per heavy atom. The topological polar surface area (TPSA) is 102 Å². The summed E-state index contributed by atoms with van der Waals surface area (Å²) in [6.07, 6.45) is 70.9. The van der Waals surface area contributed by atoms with Crippen LogP contribution in [0, 0.1) is 0 Å². The standard InChI is InChI=1S/C61H99NO7/c1-6-8-10-12-14-16-18-20-22-24-26-28-30-32-34-36-38-40-42-44-46-48-50-52-60(64)69-57(55-67-54-53-58(61(65)66)62(3,4)5)56-68-59(63)51-49-47-45-43-41-39-37-35-33-31-29-27-25-23-21-19-17-15-13-11-9-7-2/h8-11,14-17,20-23,26-29,33,35,39,41,57-58H,6-7,12-13,18-19,24-25,30-32,34,36-38,40,42-56H2,1-5H3/b10-8+,11-9+,16-14+,17-15+,22-20+,23-21+,28-26+,29-27+,35-33+,41-39+. The molecule has 0 spiro atoms. The molecule has 0 aromatic rings. The molecule has 0 N–H and O–H groups in total. The summed E-state index contributed by atoms with van der Waals surface area (Å²) in [7, 11) is 5.40. The van der Waals surface area contributed by atoms with Crippen molar-refractivity contribution >= 4 is 17.9 Å². The van der Waals surface area contributed by atoms with Crippen molar-refractivity contribution in [3.8, 4) is 0 Å². The number of aliphatic carboxylic acids is 1. The molecule has 0 aromatic carbocycles. The Morgan fingerprint density at radius 1 is 0.435 bits per heavy atom. The van der Waals surface area contributed by atoms with Crippen molar-refractivity contribution in [2.75, 3.05) is 41.0 Å². The Balaban J connectivity index is 4.31. The summed E-state index contributed by atoms with van der Waals surface area (Å²) in [5.74, 6) is -1.79. The summed E-state index contributed by atoms with van der Waals surface area (Å²) in [4.78, 5) is 37.1. The summed E-state index contributed by atoms with van der Waals surface area (Å²) in [6.45, 7) is 4.39. The van der Waals surface area contributed by atoms with E-state index in [1.54, 1.807) is 21.1 Å². The molecular formula is C61H99NO7. The number of quaternary nitrogens is 1. The number of nitrogens with zero attached hydrogens (tertiary/aromatic N) is 1. The van der Waals surface area contributed by atoms with E-state index in [1.165, 1.54) is 44.9 Å². The van der Waals surface area contributed by atoms with Crippen LogP contribution in [-0.2, 0) is 28.6 Å². The third kappa shape index (κ3) is 48.5. The second-order valence-electron chi connectivity index (χ2n) is 18.7. The number of rotatable bonds is 47. The smallest absolute Gasteiger partial charge is 0.306 e. The first-order chi connectivity index (χ1) is 33.6. The number of carbonyl (C=O) groups excluding carboxylic acids is 3. The van der Waals surface area contributed by atoms with Gasteiger partial charge in [0.05, 0.1) is 40.3 Å². The molecule has 0 saturated heterocycles. The molecule has 0 aliphatic rings. The van der Waals surface area contributed by atoms with Crippen LogP contribution < -0.4 is 5.11 Å². The number of allylic oxidation sites excluding steroid dienone is 20. The Morgan fingerprint density at radius 2 is 0.768 bits per heavy atom. The highest BCUT2D eigenvalue weighted by Gasteiger charge is 2.25. The number of esters is 2. The van der Waals surface area contributed by atoms with E-state index in [0.29, 0.717) is 12.8 Å². The van der Waals surface area contributed by atoms with E-state index < -0.39 is 18.1 Å². The monoisotopic (exact) mass is 958 g/mol. The first-order valence-electron chi connectivity index (χ1n) is 27.1. The zero-order chi connectivity index (χ0) is 50.6. The first kappa shape index (κ1) is 64.7.